The Bertz CT molecular complexity index is 923. The van der Waals surface area contributed by atoms with Crippen molar-refractivity contribution in [3.63, 3.8) is 0 Å². The molecule has 7 heteroatoms. The van der Waals surface area contributed by atoms with Crippen molar-refractivity contribution in [1.29, 1.82) is 0 Å². The van der Waals surface area contributed by atoms with Crippen LogP contribution in [0.3, 0.4) is 0 Å². The van der Waals surface area contributed by atoms with Gasteiger partial charge >= 0.3 is 5.97 Å². The first-order valence-corrected chi connectivity index (χ1v) is 10.9. The first kappa shape index (κ1) is 23.4. The fourth-order valence-electron chi connectivity index (χ4n) is 3.82. The molecule has 32 heavy (non-hydrogen) atoms. The van der Waals surface area contributed by atoms with Crippen LogP contribution in [0.5, 0.6) is 0 Å². The molecule has 0 radical (unpaired) electrons. The number of carbonyl (C=O) groups is 3. The van der Waals surface area contributed by atoms with Crippen molar-refractivity contribution >= 4 is 17.8 Å². The summed E-state index contributed by atoms with van der Waals surface area (Å²) in [5.74, 6) is -1.30. The van der Waals surface area contributed by atoms with E-state index in [1.165, 1.54) is 24.3 Å². The summed E-state index contributed by atoms with van der Waals surface area (Å²) in [6.45, 7) is 4.46. The van der Waals surface area contributed by atoms with E-state index in [2.05, 4.69) is 5.32 Å². The van der Waals surface area contributed by atoms with Gasteiger partial charge in [0.15, 0.2) is 0 Å². The lowest BCUT2D eigenvalue weighted by molar-refractivity contribution is -0.148. The zero-order valence-corrected chi connectivity index (χ0v) is 18.4. The highest BCUT2D eigenvalue weighted by Crippen LogP contribution is 2.23. The molecule has 170 valence electrons. The maximum atomic E-state index is 13.1. The lowest BCUT2D eigenvalue weighted by Crippen LogP contribution is -2.44. The van der Waals surface area contributed by atoms with Gasteiger partial charge in [0, 0.05) is 24.6 Å². The van der Waals surface area contributed by atoms with Crippen molar-refractivity contribution in [2.45, 2.75) is 45.3 Å². The van der Waals surface area contributed by atoms with Crippen LogP contribution in [0.1, 0.15) is 55.1 Å². The summed E-state index contributed by atoms with van der Waals surface area (Å²) >= 11 is 0. The van der Waals surface area contributed by atoms with Crippen LogP contribution in [0.2, 0.25) is 0 Å². The number of amides is 2. The minimum absolute atomic E-state index is 0.0514. The molecule has 2 amide bonds. The zero-order chi connectivity index (χ0) is 23.1. The molecule has 1 saturated heterocycles. The minimum Gasteiger partial charge on any atom is -0.463 e. The van der Waals surface area contributed by atoms with Gasteiger partial charge in [-0.05, 0) is 56.5 Å². The number of hydrogen-bond acceptors (Lipinski definition) is 4. The lowest BCUT2D eigenvalue weighted by atomic mass is 9.94. The molecule has 1 fully saturated rings. The van der Waals surface area contributed by atoms with Crippen LogP contribution in [0, 0.1) is 11.7 Å². The Balaban J connectivity index is 1.59. The number of ether oxygens (including phenoxy) is 1. The summed E-state index contributed by atoms with van der Waals surface area (Å²) in [6, 6.07) is 14.3. The molecule has 1 N–H and O–H groups in total. The van der Waals surface area contributed by atoms with Crippen LogP contribution in [0.4, 0.5) is 4.39 Å². The van der Waals surface area contributed by atoms with Crippen molar-refractivity contribution in [3.05, 3.63) is 71.5 Å². The second-order valence-corrected chi connectivity index (χ2v) is 8.29. The molecule has 0 saturated carbocycles. The van der Waals surface area contributed by atoms with Gasteiger partial charge in [-0.1, -0.05) is 30.3 Å². The summed E-state index contributed by atoms with van der Waals surface area (Å²) < 4.78 is 18.4. The fourth-order valence-corrected chi connectivity index (χ4v) is 3.82. The Hall–Kier alpha value is -3.22. The molecule has 1 heterocycles. The number of hydrogen-bond donors (Lipinski definition) is 1. The molecule has 2 aromatic rings. The van der Waals surface area contributed by atoms with Crippen molar-refractivity contribution in [1.82, 2.24) is 10.2 Å². The first-order valence-electron chi connectivity index (χ1n) is 10.9. The Kier molecular flexibility index (Phi) is 7.98. The van der Waals surface area contributed by atoms with Crippen LogP contribution in [-0.4, -0.2) is 41.9 Å². The monoisotopic (exact) mass is 440 g/mol. The third-order valence-electron chi connectivity index (χ3n) is 5.50. The maximum Gasteiger partial charge on any atom is 0.308 e. The van der Waals surface area contributed by atoms with Crippen LogP contribution in [-0.2, 0) is 14.3 Å². The van der Waals surface area contributed by atoms with E-state index in [1.807, 2.05) is 30.3 Å². The third kappa shape index (κ3) is 6.39. The molecular formula is C25H29FN2O4. The third-order valence-corrected chi connectivity index (χ3v) is 5.50. The van der Waals surface area contributed by atoms with Crippen molar-refractivity contribution in [2.24, 2.45) is 5.92 Å². The number of likely N-dealkylation sites (tertiary alicyclic amines) is 1. The van der Waals surface area contributed by atoms with Gasteiger partial charge in [-0.3, -0.25) is 14.4 Å². The molecular weight excluding hydrogens is 411 g/mol. The summed E-state index contributed by atoms with van der Waals surface area (Å²) in [5, 5.41) is 3.00. The Morgan fingerprint density at radius 2 is 1.66 bits per heavy atom. The number of benzene rings is 2. The van der Waals surface area contributed by atoms with E-state index in [1.54, 1.807) is 18.7 Å². The predicted molar refractivity (Wildman–Crippen MR) is 118 cm³/mol. The lowest BCUT2D eigenvalue weighted by Gasteiger charge is -2.32. The number of rotatable bonds is 7. The largest absolute Gasteiger partial charge is 0.463 e. The highest BCUT2D eigenvalue weighted by atomic mass is 19.1. The molecule has 1 aliphatic rings. The molecule has 0 bridgehead atoms. The molecule has 0 aliphatic carbocycles. The van der Waals surface area contributed by atoms with Gasteiger partial charge in [0.1, 0.15) is 5.82 Å². The molecule has 1 atom stereocenters. The zero-order valence-electron chi connectivity index (χ0n) is 18.4. The first-order chi connectivity index (χ1) is 15.3. The molecule has 0 unspecified atom stereocenters. The average Bonchev–Trinajstić information content (AvgIpc) is 2.79. The normalized spacial score (nSPS) is 15.3. The predicted octanol–water partition coefficient (Wildman–Crippen LogP) is 3.88. The fraction of sp³-hybridized carbons (Fsp3) is 0.400. The quantitative estimate of drug-likeness (QED) is 0.663. The van der Waals surface area contributed by atoms with Gasteiger partial charge in [0.25, 0.3) is 5.91 Å². The number of esters is 1. The van der Waals surface area contributed by atoms with Gasteiger partial charge in [0.05, 0.1) is 18.6 Å². The number of nitrogens with zero attached hydrogens (tertiary/aromatic N) is 1. The Morgan fingerprint density at radius 1 is 1.03 bits per heavy atom. The van der Waals surface area contributed by atoms with E-state index in [0.717, 1.165) is 5.56 Å². The number of halogens is 1. The maximum absolute atomic E-state index is 13.1. The van der Waals surface area contributed by atoms with Gasteiger partial charge in [-0.15, -0.1) is 0 Å². The molecule has 0 spiro atoms. The standard InChI is InChI=1S/C25H29FN2O4/c1-17(2)32-23(29)16-22(18-6-4-3-5-7-18)27-24(30)19-12-14-28(15-13-19)25(31)20-8-10-21(26)11-9-20/h3-11,17,19,22H,12-16H2,1-2H3,(H,27,30)/t22-/m1/s1. The van der Waals surface area contributed by atoms with E-state index in [9.17, 15) is 18.8 Å². The molecule has 3 rings (SSSR count). The highest BCUT2D eigenvalue weighted by molar-refractivity contribution is 5.94. The smallest absolute Gasteiger partial charge is 0.308 e. The van der Waals surface area contributed by atoms with Crippen molar-refractivity contribution in [2.75, 3.05) is 13.1 Å². The number of carbonyl (C=O) groups excluding carboxylic acids is 3. The summed E-state index contributed by atoms with van der Waals surface area (Å²) in [6.07, 6.45) is 0.876. The molecule has 0 aromatic heterocycles. The summed E-state index contributed by atoms with van der Waals surface area (Å²) in [4.78, 5) is 39.5. The van der Waals surface area contributed by atoms with E-state index >= 15 is 0 Å². The Labute approximate surface area is 187 Å². The van der Waals surface area contributed by atoms with Gasteiger partial charge in [0.2, 0.25) is 5.91 Å². The van der Waals surface area contributed by atoms with Crippen molar-refractivity contribution in [3.8, 4) is 0 Å². The highest BCUT2D eigenvalue weighted by Gasteiger charge is 2.30. The molecule has 1 aliphatic heterocycles. The number of piperidine rings is 1. The average molecular weight is 441 g/mol. The topological polar surface area (TPSA) is 75.7 Å². The van der Waals surface area contributed by atoms with Crippen LogP contribution in [0.15, 0.2) is 54.6 Å². The second-order valence-electron chi connectivity index (χ2n) is 8.29. The van der Waals surface area contributed by atoms with Crippen molar-refractivity contribution < 1.29 is 23.5 Å². The minimum atomic E-state index is -0.478. The summed E-state index contributed by atoms with van der Waals surface area (Å²) in [7, 11) is 0. The SMILES string of the molecule is CC(C)OC(=O)C[C@@H](NC(=O)C1CCN(C(=O)c2ccc(F)cc2)CC1)c1ccccc1. The number of nitrogens with one attached hydrogen (secondary N) is 1. The van der Waals surface area contributed by atoms with Crippen LogP contribution >= 0.6 is 0 Å². The molecule has 6 nitrogen and oxygen atoms in total. The van der Waals surface area contributed by atoms with E-state index in [0.29, 0.717) is 31.5 Å². The van der Waals surface area contributed by atoms with E-state index in [4.69, 9.17) is 4.74 Å². The van der Waals surface area contributed by atoms with Crippen LogP contribution < -0.4 is 5.32 Å². The second kappa shape index (κ2) is 10.9. The van der Waals surface area contributed by atoms with Crippen LogP contribution in [0.25, 0.3) is 0 Å². The Morgan fingerprint density at radius 3 is 2.25 bits per heavy atom. The van der Waals surface area contributed by atoms with E-state index in [-0.39, 0.29) is 42.0 Å². The van der Waals surface area contributed by atoms with E-state index < -0.39 is 6.04 Å². The van der Waals surface area contributed by atoms with Gasteiger partial charge < -0.3 is 15.0 Å². The van der Waals surface area contributed by atoms with Gasteiger partial charge in [-0.25, -0.2) is 4.39 Å². The van der Waals surface area contributed by atoms with Gasteiger partial charge in [-0.2, -0.15) is 0 Å². The summed E-state index contributed by atoms with van der Waals surface area (Å²) in [5.41, 5.74) is 1.27. The molecule has 2 aromatic carbocycles.